The lowest BCUT2D eigenvalue weighted by Gasteiger charge is -2.50. The van der Waals surface area contributed by atoms with Crippen LogP contribution in [0.4, 0.5) is 17.3 Å². The van der Waals surface area contributed by atoms with E-state index in [2.05, 4.69) is 25.2 Å². The molecule has 4 aromatic rings. The Hall–Kier alpha value is -3.89. The van der Waals surface area contributed by atoms with Crippen LogP contribution in [0.3, 0.4) is 0 Å². The van der Waals surface area contributed by atoms with Crippen LogP contribution in [0.5, 0.6) is 5.75 Å². The van der Waals surface area contributed by atoms with Crippen LogP contribution in [-0.4, -0.2) is 75.7 Å². The van der Waals surface area contributed by atoms with E-state index >= 15 is 0 Å². The first-order valence-electron chi connectivity index (χ1n) is 12.0. The van der Waals surface area contributed by atoms with Crippen molar-refractivity contribution in [3.63, 3.8) is 0 Å². The standard InChI is InChI=1S/C26H26ClN7O3/c1-16(35)34-18-12-32(13-19(34)15-37-14-18)17-6-7-21(23(9-17)36-2)30-26-29-10-20(27)25(31-26)22-11-28-24-5-3-4-8-33(22)24/h3-11,18-19H,12-15H2,1-2H3,(H,29,30,31). The van der Waals surface area contributed by atoms with E-state index in [1.54, 1.807) is 26.4 Å². The SMILES string of the molecule is COc1cc(N2CC3COCC(C2)N3C(C)=O)ccc1Nc1ncc(Cl)c(-c2cnc3ccccn23)n1. The van der Waals surface area contributed by atoms with Gasteiger partial charge < -0.3 is 24.6 Å². The Morgan fingerprint density at radius 1 is 1.14 bits per heavy atom. The number of fused-ring (bicyclic) bond motifs is 3. The minimum absolute atomic E-state index is 0.0364. The van der Waals surface area contributed by atoms with E-state index in [9.17, 15) is 4.79 Å². The number of rotatable bonds is 5. The molecule has 190 valence electrons. The highest BCUT2D eigenvalue weighted by Gasteiger charge is 2.39. The molecule has 3 aromatic heterocycles. The average molecular weight is 520 g/mol. The number of hydrogen-bond acceptors (Lipinski definition) is 8. The molecule has 2 aliphatic heterocycles. The van der Waals surface area contributed by atoms with Crippen molar-refractivity contribution in [1.29, 1.82) is 0 Å². The first-order valence-corrected chi connectivity index (χ1v) is 12.4. The van der Waals surface area contributed by atoms with E-state index in [1.807, 2.05) is 51.9 Å². The highest BCUT2D eigenvalue weighted by molar-refractivity contribution is 6.32. The maximum absolute atomic E-state index is 12.2. The number of anilines is 3. The number of carbonyl (C=O) groups is 1. The molecule has 0 radical (unpaired) electrons. The predicted octanol–water partition coefficient (Wildman–Crippen LogP) is 3.63. The van der Waals surface area contributed by atoms with E-state index in [4.69, 9.17) is 21.1 Å². The zero-order valence-electron chi connectivity index (χ0n) is 20.5. The lowest BCUT2D eigenvalue weighted by molar-refractivity contribution is -0.144. The van der Waals surface area contributed by atoms with Gasteiger partial charge in [-0.15, -0.1) is 0 Å². The molecule has 1 N–H and O–H groups in total. The number of benzene rings is 1. The molecule has 2 atom stereocenters. The fourth-order valence-corrected chi connectivity index (χ4v) is 5.39. The van der Waals surface area contributed by atoms with Crippen molar-refractivity contribution in [2.75, 3.05) is 43.6 Å². The van der Waals surface area contributed by atoms with Gasteiger partial charge in [-0.25, -0.2) is 15.0 Å². The van der Waals surface area contributed by atoms with Gasteiger partial charge in [0.25, 0.3) is 0 Å². The molecule has 37 heavy (non-hydrogen) atoms. The molecule has 6 rings (SSSR count). The number of amides is 1. The number of imidazole rings is 1. The summed E-state index contributed by atoms with van der Waals surface area (Å²) in [4.78, 5) is 29.9. The summed E-state index contributed by atoms with van der Waals surface area (Å²) in [6, 6.07) is 11.8. The number of morpholine rings is 1. The van der Waals surface area contributed by atoms with Crippen molar-refractivity contribution in [3.8, 4) is 17.1 Å². The molecule has 2 fully saturated rings. The first kappa shape index (κ1) is 23.5. The Morgan fingerprint density at radius 2 is 1.95 bits per heavy atom. The van der Waals surface area contributed by atoms with Gasteiger partial charge in [0, 0.05) is 38.0 Å². The van der Waals surface area contributed by atoms with Gasteiger partial charge in [-0.1, -0.05) is 17.7 Å². The molecular weight excluding hydrogens is 494 g/mol. The fraction of sp³-hybridized carbons (Fsp3) is 0.308. The normalized spacial score (nSPS) is 19.2. The Bertz CT molecular complexity index is 1460. The molecule has 0 aliphatic carbocycles. The highest BCUT2D eigenvalue weighted by Crippen LogP contribution is 2.35. The van der Waals surface area contributed by atoms with E-state index in [0.717, 1.165) is 22.7 Å². The minimum atomic E-state index is 0.0364. The topological polar surface area (TPSA) is 97.1 Å². The second-order valence-electron chi connectivity index (χ2n) is 9.15. The number of halogens is 1. The molecule has 2 unspecified atom stereocenters. The number of aromatic nitrogens is 4. The Labute approximate surface area is 218 Å². The summed E-state index contributed by atoms with van der Waals surface area (Å²) >= 11 is 6.47. The highest BCUT2D eigenvalue weighted by atomic mass is 35.5. The van der Waals surface area contributed by atoms with Crippen molar-refractivity contribution in [3.05, 3.63) is 60.0 Å². The molecular formula is C26H26ClN7O3. The number of carbonyl (C=O) groups excluding carboxylic acids is 1. The number of hydrogen-bond donors (Lipinski definition) is 1. The van der Waals surface area contributed by atoms with Gasteiger partial charge in [0.2, 0.25) is 11.9 Å². The van der Waals surface area contributed by atoms with Gasteiger partial charge in [0.1, 0.15) is 17.1 Å². The first-order chi connectivity index (χ1) is 18.0. The summed E-state index contributed by atoms with van der Waals surface area (Å²) in [7, 11) is 1.63. The summed E-state index contributed by atoms with van der Waals surface area (Å²) in [5.41, 5.74) is 3.89. The van der Waals surface area contributed by atoms with Crippen molar-refractivity contribution in [2.24, 2.45) is 0 Å². The number of methoxy groups -OCH3 is 1. The summed E-state index contributed by atoms with van der Waals surface area (Å²) in [5, 5.41) is 3.69. The average Bonchev–Trinajstić information content (AvgIpc) is 3.33. The van der Waals surface area contributed by atoms with Crippen molar-refractivity contribution >= 4 is 40.5 Å². The monoisotopic (exact) mass is 519 g/mol. The van der Waals surface area contributed by atoms with Crippen LogP contribution >= 0.6 is 11.6 Å². The number of ether oxygens (including phenoxy) is 2. The molecule has 1 aromatic carbocycles. The summed E-state index contributed by atoms with van der Waals surface area (Å²) in [5.74, 6) is 1.14. The van der Waals surface area contributed by atoms with Crippen LogP contribution in [0, 0.1) is 0 Å². The Morgan fingerprint density at radius 3 is 2.70 bits per heavy atom. The summed E-state index contributed by atoms with van der Waals surface area (Å²) < 4.78 is 13.4. The van der Waals surface area contributed by atoms with Crippen molar-refractivity contribution < 1.29 is 14.3 Å². The third kappa shape index (κ3) is 4.32. The van der Waals surface area contributed by atoms with Gasteiger partial charge >= 0.3 is 0 Å². The smallest absolute Gasteiger partial charge is 0.227 e. The summed E-state index contributed by atoms with van der Waals surface area (Å²) in [6.45, 7) is 4.13. The van der Waals surface area contributed by atoms with Gasteiger partial charge in [-0.2, -0.15) is 0 Å². The molecule has 2 aliphatic rings. The van der Waals surface area contributed by atoms with E-state index in [0.29, 0.717) is 48.7 Å². The lowest BCUT2D eigenvalue weighted by atomic mass is 10.0. The molecule has 2 bridgehead atoms. The molecule has 0 saturated carbocycles. The predicted molar refractivity (Wildman–Crippen MR) is 141 cm³/mol. The molecule has 11 heteroatoms. The number of piperazine rings is 1. The Kier molecular flexibility index (Phi) is 6.05. The third-order valence-electron chi connectivity index (χ3n) is 6.83. The number of pyridine rings is 1. The van der Waals surface area contributed by atoms with Crippen LogP contribution in [0.1, 0.15) is 6.92 Å². The van der Waals surface area contributed by atoms with Gasteiger partial charge in [-0.05, 0) is 24.3 Å². The third-order valence-corrected chi connectivity index (χ3v) is 7.11. The van der Waals surface area contributed by atoms with E-state index in [1.165, 1.54) is 0 Å². The van der Waals surface area contributed by atoms with Crippen LogP contribution < -0.4 is 15.0 Å². The minimum Gasteiger partial charge on any atom is -0.494 e. The largest absolute Gasteiger partial charge is 0.494 e. The van der Waals surface area contributed by atoms with E-state index in [-0.39, 0.29) is 18.0 Å². The number of nitrogens with one attached hydrogen (secondary N) is 1. The molecule has 0 spiro atoms. The number of nitrogens with zero attached hydrogens (tertiary/aromatic N) is 6. The van der Waals surface area contributed by atoms with Crippen LogP contribution in [0.15, 0.2) is 55.0 Å². The summed E-state index contributed by atoms with van der Waals surface area (Å²) in [6.07, 6.45) is 5.24. The quantitative estimate of drug-likeness (QED) is 0.427. The molecule has 10 nitrogen and oxygen atoms in total. The van der Waals surface area contributed by atoms with Crippen molar-refractivity contribution in [2.45, 2.75) is 19.0 Å². The molecule has 5 heterocycles. The second-order valence-corrected chi connectivity index (χ2v) is 9.56. The van der Waals surface area contributed by atoms with Crippen LogP contribution in [0.25, 0.3) is 17.0 Å². The second kappa shape index (κ2) is 9.53. The zero-order valence-corrected chi connectivity index (χ0v) is 21.2. The molecule has 1 amide bonds. The lowest BCUT2D eigenvalue weighted by Crippen LogP contribution is -2.65. The maximum Gasteiger partial charge on any atom is 0.227 e. The van der Waals surface area contributed by atoms with Crippen LogP contribution in [0.2, 0.25) is 5.02 Å². The van der Waals surface area contributed by atoms with E-state index < -0.39 is 0 Å². The zero-order chi connectivity index (χ0) is 25.5. The van der Waals surface area contributed by atoms with Gasteiger partial charge in [0.05, 0.1) is 61.2 Å². The maximum atomic E-state index is 12.2. The fourth-order valence-electron chi connectivity index (χ4n) is 5.20. The van der Waals surface area contributed by atoms with Crippen LogP contribution in [-0.2, 0) is 9.53 Å². The van der Waals surface area contributed by atoms with Crippen molar-refractivity contribution in [1.82, 2.24) is 24.3 Å². The molecule has 2 saturated heterocycles. The Balaban J connectivity index is 1.26. The van der Waals surface area contributed by atoms with Gasteiger partial charge in [0.15, 0.2) is 0 Å². The van der Waals surface area contributed by atoms with Gasteiger partial charge in [-0.3, -0.25) is 9.20 Å².